The fourth-order valence-electron chi connectivity index (χ4n) is 4.91. The van der Waals surface area contributed by atoms with Crippen molar-refractivity contribution < 1.29 is 4.74 Å². The first-order valence-electron chi connectivity index (χ1n) is 10.7. The summed E-state index contributed by atoms with van der Waals surface area (Å²) >= 11 is 0. The highest BCUT2D eigenvalue weighted by Crippen LogP contribution is 2.56. The summed E-state index contributed by atoms with van der Waals surface area (Å²) in [5, 5.41) is 21.2. The zero-order valence-electron chi connectivity index (χ0n) is 17.6. The van der Waals surface area contributed by atoms with E-state index in [2.05, 4.69) is 33.1 Å². The molecular formula is C28H13N5O. The van der Waals surface area contributed by atoms with E-state index in [1.54, 1.807) is 0 Å². The van der Waals surface area contributed by atoms with Crippen molar-refractivity contribution in [3.8, 4) is 46.2 Å². The zero-order chi connectivity index (χ0) is 22.8. The van der Waals surface area contributed by atoms with Crippen LogP contribution < -0.4 is 9.64 Å². The molecule has 0 bridgehead atoms. The second-order valence-electron chi connectivity index (χ2n) is 8.08. The smallest absolute Gasteiger partial charge is 0.177 e. The predicted molar refractivity (Wildman–Crippen MR) is 128 cm³/mol. The molecule has 0 fully saturated rings. The number of nitrogens with zero attached hydrogens (tertiary/aromatic N) is 5. The van der Waals surface area contributed by atoms with Crippen LogP contribution in [0.1, 0.15) is 11.4 Å². The fourth-order valence-corrected chi connectivity index (χ4v) is 4.91. The normalized spacial score (nSPS) is 12.2. The van der Waals surface area contributed by atoms with Gasteiger partial charge in [-0.1, -0.05) is 48.5 Å². The van der Waals surface area contributed by atoms with Gasteiger partial charge in [0.1, 0.15) is 17.8 Å². The summed E-state index contributed by atoms with van der Waals surface area (Å²) in [7, 11) is 0. The van der Waals surface area contributed by atoms with Gasteiger partial charge in [-0.05, 0) is 35.7 Å². The Morgan fingerprint density at radius 1 is 0.647 bits per heavy atom. The maximum Gasteiger partial charge on any atom is 0.177 e. The molecule has 7 rings (SSSR count). The molecular weight excluding hydrogens is 422 g/mol. The molecule has 1 aromatic heterocycles. The Labute approximate surface area is 194 Å². The van der Waals surface area contributed by atoms with E-state index >= 15 is 0 Å². The molecule has 5 aromatic rings. The van der Waals surface area contributed by atoms with E-state index < -0.39 is 0 Å². The number of aromatic nitrogens is 2. The van der Waals surface area contributed by atoms with Crippen molar-refractivity contribution in [2.45, 2.75) is 0 Å². The van der Waals surface area contributed by atoms with Gasteiger partial charge in [-0.3, -0.25) is 0 Å². The maximum atomic E-state index is 9.64. The Morgan fingerprint density at radius 2 is 1.29 bits per heavy atom. The van der Waals surface area contributed by atoms with Crippen molar-refractivity contribution in [1.82, 2.24) is 9.97 Å². The fraction of sp³-hybridized carbons (Fsp3) is 0. The molecule has 156 valence electrons. The number of hydrogen-bond acceptors (Lipinski definition) is 6. The first kappa shape index (κ1) is 18.4. The van der Waals surface area contributed by atoms with Crippen LogP contribution in [0.5, 0.6) is 11.5 Å². The Kier molecular flexibility index (Phi) is 3.59. The lowest BCUT2D eigenvalue weighted by atomic mass is 10.0. The molecule has 0 amide bonds. The molecule has 0 N–H and O–H groups in total. The van der Waals surface area contributed by atoms with Crippen LogP contribution in [0.2, 0.25) is 0 Å². The van der Waals surface area contributed by atoms with E-state index in [-0.39, 0.29) is 11.4 Å². The zero-order valence-corrected chi connectivity index (χ0v) is 17.6. The molecule has 0 unspecified atom stereocenters. The van der Waals surface area contributed by atoms with Crippen LogP contribution in [-0.2, 0) is 0 Å². The summed E-state index contributed by atoms with van der Waals surface area (Å²) in [6.07, 6.45) is 0. The first-order valence-corrected chi connectivity index (χ1v) is 10.7. The largest absolute Gasteiger partial charge is 0.453 e. The summed E-state index contributed by atoms with van der Waals surface area (Å²) in [4.78, 5) is 11.4. The number of hydrogen-bond donors (Lipinski definition) is 0. The number of nitriles is 2. The number of fused-ring (bicyclic) bond motifs is 5. The quantitative estimate of drug-likeness (QED) is 0.289. The van der Waals surface area contributed by atoms with Crippen LogP contribution in [0.3, 0.4) is 0 Å². The van der Waals surface area contributed by atoms with E-state index in [4.69, 9.17) is 4.74 Å². The van der Waals surface area contributed by atoms with Gasteiger partial charge in [0, 0.05) is 16.5 Å². The van der Waals surface area contributed by atoms with Crippen LogP contribution in [0.4, 0.5) is 17.1 Å². The van der Waals surface area contributed by atoms with Crippen molar-refractivity contribution in [3.05, 3.63) is 90.3 Å². The van der Waals surface area contributed by atoms with Gasteiger partial charge in [0.2, 0.25) is 0 Å². The number of rotatable bonds is 1. The van der Waals surface area contributed by atoms with Gasteiger partial charge in [0.05, 0.1) is 22.8 Å². The van der Waals surface area contributed by atoms with E-state index in [0.29, 0.717) is 11.4 Å². The molecule has 2 heterocycles. The summed E-state index contributed by atoms with van der Waals surface area (Å²) in [5.41, 5.74) is 5.82. The number of anilines is 3. The number of para-hydroxylation sites is 4. The third-order valence-corrected chi connectivity index (χ3v) is 6.30. The average molecular weight is 435 g/mol. The molecule has 4 aromatic carbocycles. The summed E-state index contributed by atoms with van der Waals surface area (Å²) in [6, 6.07) is 30.0. The lowest BCUT2D eigenvalue weighted by molar-refractivity contribution is 0.477. The third kappa shape index (κ3) is 2.31. The Hall–Kier alpha value is -5.20. The van der Waals surface area contributed by atoms with Gasteiger partial charge >= 0.3 is 0 Å². The van der Waals surface area contributed by atoms with Gasteiger partial charge in [-0.25, -0.2) is 9.97 Å². The average Bonchev–Trinajstić information content (AvgIpc) is 3.22. The molecule has 0 saturated carbocycles. The minimum atomic E-state index is 0.0276. The molecule has 1 aliphatic carbocycles. The molecule has 0 saturated heterocycles. The lowest BCUT2D eigenvalue weighted by Gasteiger charge is -2.33. The Bertz CT molecular complexity index is 1730. The van der Waals surface area contributed by atoms with Crippen LogP contribution in [-0.4, -0.2) is 9.97 Å². The van der Waals surface area contributed by atoms with Crippen LogP contribution in [0, 0.1) is 22.7 Å². The molecule has 34 heavy (non-hydrogen) atoms. The minimum Gasteiger partial charge on any atom is -0.453 e. The summed E-state index contributed by atoms with van der Waals surface area (Å²) in [6.45, 7) is 0. The highest BCUT2D eigenvalue weighted by atomic mass is 16.5. The second kappa shape index (κ2) is 6.65. The predicted octanol–water partition coefficient (Wildman–Crippen LogP) is 6.60. The number of benzene rings is 4. The molecule has 0 spiro atoms. The molecule has 6 heteroatoms. The van der Waals surface area contributed by atoms with Gasteiger partial charge in [0.25, 0.3) is 0 Å². The summed E-state index contributed by atoms with van der Waals surface area (Å²) < 4.78 is 6.19. The van der Waals surface area contributed by atoms with Crippen molar-refractivity contribution >= 4 is 27.8 Å². The molecule has 0 radical (unpaired) electrons. The van der Waals surface area contributed by atoms with Crippen LogP contribution in [0.15, 0.2) is 78.9 Å². The second-order valence-corrected chi connectivity index (χ2v) is 8.08. The Balaban J connectivity index is 1.61. The van der Waals surface area contributed by atoms with Gasteiger partial charge in [-0.2, -0.15) is 10.5 Å². The lowest BCUT2D eigenvalue weighted by Crippen LogP contribution is -2.16. The van der Waals surface area contributed by atoms with Crippen LogP contribution >= 0.6 is 0 Å². The van der Waals surface area contributed by atoms with Crippen LogP contribution in [0.25, 0.3) is 33.3 Å². The minimum absolute atomic E-state index is 0.0276. The Morgan fingerprint density at radius 3 is 1.97 bits per heavy atom. The third-order valence-electron chi connectivity index (χ3n) is 6.30. The van der Waals surface area contributed by atoms with E-state index in [0.717, 1.165) is 50.5 Å². The molecule has 1 aliphatic heterocycles. The van der Waals surface area contributed by atoms with Gasteiger partial charge in [0.15, 0.2) is 22.9 Å². The maximum absolute atomic E-state index is 9.64. The first-order chi connectivity index (χ1) is 16.8. The molecule has 0 atom stereocenters. The SMILES string of the molecule is N#Cc1nc2c(nc1C#N)-c1c(N3c4ccccc4Oc4ccccc43)ccc3cccc-2c13. The molecule has 2 aliphatic rings. The topological polar surface area (TPSA) is 85.8 Å². The van der Waals surface area contributed by atoms with Crippen molar-refractivity contribution in [2.75, 3.05) is 4.90 Å². The van der Waals surface area contributed by atoms with Crippen molar-refractivity contribution in [1.29, 1.82) is 10.5 Å². The highest BCUT2D eigenvalue weighted by molar-refractivity contribution is 6.18. The summed E-state index contributed by atoms with van der Waals surface area (Å²) in [5.74, 6) is 1.51. The van der Waals surface area contributed by atoms with E-state index in [1.165, 1.54) is 0 Å². The molecule has 6 nitrogen and oxygen atoms in total. The monoisotopic (exact) mass is 435 g/mol. The van der Waals surface area contributed by atoms with E-state index in [9.17, 15) is 10.5 Å². The van der Waals surface area contributed by atoms with Crippen molar-refractivity contribution in [2.24, 2.45) is 0 Å². The van der Waals surface area contributed by atoms with Crippen molar-refractivity contribution in [3.63, 3.8) is 0 Å². The van der Waals surface area contributed by atoms with Gasteiger partial charge in [-0.15, -0.1) is 0 Å². The number of ether oxygens (including phenoxy) is 1. The highest BCUT2D eigenvalue weighted by Gasteiger charge is 2.33. The standard InChI is InChI=1S/C28H13N5O/c29-14-18-19(15-30)32-28-26-22(13-12-16-6-5-7-17(25(16)26)27(28)31-18)33-20-8-1-3-10-23(20)34-24-11-4-2-9-21(24)33/h1-13H. The van der Waals surface area contributed by atoms with E-state index in [1.807, 2.05) is 72.8 Å². The van der Waals surface area contributed by atoms with Gasteiger partial charge < -0.3 is 9.64 Å².